The summed E-state index contributed by atoms with van der Waals surface area (Å²) in [4.78, 5) is 4.27. The van der Waals surface area contributed by atoms with Crippen molar-refractivity contribution >= 4 is 5.96 Å². The van der Waals surface area contributed by atoms with Crippen molar-refractivity contribution in [2.24, 2.45) is 4.99 Å². The van der Waals surface area contributed by atoms with E-state index in [9.17, 15) is 0 Å². The second-order valence-electron chi connectivity index (χ2n) is 6.30. The SMILES string of the molecule is CN=C(NCc1cccc(COC)c1)NCC(C)Oc1cccc(C)c1. The minimum Gasteiger partial charge on any atom is -0.489 e. The summed E-state index contributed by atoms with van der Waals surface area (Å²) in [6.07, 6.45) is 0.0281. The van der Waals surface area contributed by atoms with Crippen LogP contribution < -0.4 is 15.4 Å². The van der Waals surface area contributed by atoms with Crippen LogP contribution in [0.2, 0.25) is 0 Å². The minimum absolute atomic E-state index is 0.0281. The Kier molecular flexibility index (Phi) is 7.96. The smallest absolute Gasteiger partial charge is 0.191 e. The van der Waals surface area contributed by atoms with E-state index in [-0.39, 0.29) is 6.10 Å². The molecule has 0 aliphatic carbocycles. The van der Waals surface area contributed by atoms with Crippen LogP contribution in [0.5, 0.6) is 5.75 Å². The largest absolute Gasteiger partial charge is 0.489 e. The fourth-order valence-electron chi connectivity index (χ4n) is 2.61. The highest BCUT2D eigenvalue weighted by Gasteiger charge is 2.06. The molecule has 0 spiro atoms. The highest BCUT2D eigenvalue weighted by Crippen LogP contribution is 2.13. The molecule has 1 atom stereocenters. The summed E-state index contributed by atoms with van der Waals surface area (Å²) in [7, 11) is 3.47. The number of hydrogen-bond acceptors (Lipinski definition) is 3. The summed E-state index contributed by atoms with van der Waals surface area (Å²) in [5.74, 6) is 1.64. The average Bonchev–Trinajstić information content (AvgIpc) is 2.62. The van der Waals surface area contributed by atoms with Crippen LogP contribution in [0.4, 0.5) is 0 Å². The lowest BCUT2D eigenvalue weighted by molar-refractivity contribution is 0.185. The number of aliphatic imine (C=N–C) groups is 1. The van der Waals surface area contributed by atoms with Gasteiger partial charge in [0.2, 0.25) is 0 Å². The molecule has 2 N–H and O–H groups in total. The Labute approximate surface area is 156 Å². The zero-order valence-corrected chi connectivity index (χ0v) is 16.1. The van der Waals surface area contributed by atoms with Crippen LogP contribution in [-0.4, -0.2) is 32.8 Å². The van der Waals surface area contributed by atoms with Crippen LogP contribution in [0.25, 0.3) is 0 Å². The molecule has 5 heteroatoms. The number of guanidine groups is 1. The first kappa shape index (κ1) is 19.8. The van der Waals surface area contributed by atoms with Gasteiger partial charge in [-0.25, -0.2) is 0 Å². The maximum atomic E-state index is 5.94. The van der Waals surface area contributed by atoms with Crippen LogP contribution in [0.1, 0.15) is 23.6 Å². The second-order valence-corrected chi connectivity index (χ2v) is 6.30. The molecule has 0 aromatic heterocycles. The number of nitrogens with zero attached hydrogens (tertiary/aromatic N) is 1. The van der Waals surface area contributed by atoms with E-state index in [1.54, 1.807) is 14.2 Å². The third-order valence-electron chi connectivity index (χ3n) is 3.87. The molecule has 2 rings (SSSR count). The maximum absolute atomic E-state index is 5.94. The summed E-state index contributed by atoms with van der Waals surface area (Å²) in [6, 6.07) is 16.4. The Hall–Kier alpha value is -2.53. The molecule has 0 saturated heterocycles. The van der Waals surface area contributed by atoms with Crippen LogP contribution in [-0.2, 0) is 17.9 Å². The Morgan fingerprint density at radius 1 is 1.08 bits per heavy atom. The van der Waals surface area contributed by atoms with Gasteiger partial charge >= 0.3 is 0 Å². The van der Waals surface area contributed by atoms with Crippen molar-refractivity contribution in [2.45, 2.75) is 33.1 Å². The van der Waals surface area contributed by atoms with Gasteiger partial charge in [0.1, 0.15) is 11.9 Å². The van der Waals surface area contributed by atoms with Crippen molar-refractivity contribution in [1.29, 1.82) is 0 Å². The van der Waals surface area contributed by atoms with Crippen LogP contribution in [0.3, 0.4) is 0 Å². The zero-order chi connectivity index (χ0) is 18.8. The van der Waals surface area contributed by atoms with Crippen molar-refractivity contribution in [3.8, 4) is 5.75 Å². The van der Waals surface area contributed by atoms with E-state index in [1.807, 2.05) is 31.2 Å². The summed E-state index contributed by atoms with van der Waals surface area (Å²) in [5, 5.41) is 6.63. The Morgan fingerprint density at radius 3 is 2.58 bits per heavy atom. The van der Waals surface area contributed by atoms with Gasteiger partial charge < -0.3 is 20.1 Å². The molecule has 0 bridgehead atoms. The van der Waals surface area contributed by atoms with Gasteiger partial charge in [-0.05, 0) is 42.7 Å². The monoisotopic (exact) mass is 355 g/mol. The molecule has 2 aromatic rings. The summed E-state index contributed by atoms with van der Waals surface area (Å²) in [6.45, 7) is 6.08. The molecule has 26 heavy (non-hydrogen) atoms. The third kappa shape index (κ3) is 6.76. The lowest BCUT2D eigenvalue weighted by atomic mass is 10.1. The first-order valence-electron chi connectivity index (χ1n) is 8.85. The van der Waals surface area contributed by atoms with E-state index in [2.05, 4.69) is 46.8 Å². The van der Waals surface area contributed by atoms with Gasteiger partial charge in [0, 0.05) is 20.7 Å². The number of hydrogen-bond donors (Lipinski definition) is 2. The van der Waals surface area contributed by atoms with Gasteiger partial charge in [-0.1, -0.05) is 36.4 Å². The van der Waals surface area contributed by atoms with Crippen molar-refractivity contribution in [2.75, 3.05) is 20.7 Å². The summed E-state index contributed by atoms with van der Waals surface area (Å²) in [5.41, 5.74) is 3.54. The molecule has 0 amide bonds. The summed E-state index contributed by atoms with van der Waals surface area (Å²) < 4.78 is 11.1. The average molecular weight is 355 g/mol. The predicted octanol–water partition coefficient (Wildman–Crippen LogP) is 3.27. The van der Waals surface area contributed by atoms with Crippen LogP contribution in [0, 0.1) is 6.92 Å². The summed E-state index contributed by atoms with van der Waals surface area (Å²) >= 11 is 0. The third-order valence-corrected chi connectivity index (χ3v) is 3.87. The minimum atomic E-state index is 0.0281. The number of methoxy groups -OCH3 is 1. The first-order valence-corrected chi connectivity index (χ1v) is 8.85. The molecule has 140 valence electrons. The zero-order valence-electron chi connectivity index (χ0n) is 16.1. The molecular formula is C21H29N3O2. The quantitative estimate of drug-likeness (QED) is 0.564. The van der Waals surface area contributed by atoms with E-state index in [0.29, 0.717) is 19.7 Å². The molecule has 0 radical (unpaired) electrons. The number of nitrogens with one attached hydrogen (secondary N) is 2. The van der Waals surface area contributed by atoms with Crippen LogP contribution in [0.15, 0.2) is 53.5 Å². The fraction of sp³-hybridized carbons (Fsp3) is 0.381. The Morgan fingerprint density at radius 2 is 1.85 bits per heavy atom. The number of rotatable bonds is 8. The highest BCUT2D eigenvalue weighted by atomic mass is 16.5. The standard InChI is InChI=1S/C21H29N3O2/c1-16-7-5-10-20(11-16)26-17(2)13-23-21(22-3)24-14-18-8-6-9-19(12-18)15-25-4/h5-12,17H,13-15H2,1-4H3,(H2,22,23,24). The van der Waals surface area contributed by atoms with E-state index in [4.69, 9.17) is 9.47 Å². The van der Waals surface area contributed by atoms with Gasteiger partial charge in [0.05, 0.1) is 13.2 Å². The van der Waals surface area contributed by atoms with Gasteiger partial charge in [-0.2, -0.15) is 0 Å². The molecule has 5 nitrogen and oxygen atoms in total. The van der Waals surface area contributed by atoms with Gasteiger partial charge in [0.15, 0.2) is 5.96 Å². The Bertz CT molecular complexity index is 716. The van der Waals surface area contributed by atoms with Gasteiger partial charge in [-0.3, -0.25) is 4.99 Å². The maximum Gasteiger partial charge on any atom is 0.191 e. The predicted molar refractivity (Wildman–Crippen MR) is 107 cm³/mol. The van der Waals surface area contributed by atoms with E-state index < -0.39 is 0 Å². The van der Waals surface area contributed by atoms with Gasteiger partial charge in [-0.15, -0.1) is 0 Å². The fourth-order valence-corrected chi connectivity index (χ4v) is 2.61. The molecule has 0 aliphatic rings. The molecule has 2 aromatic carbocycles. The lowest BCUT2D eigenvalue weighted by Crippen LogP contribution is -2.41. The molecule has 0 saturated carbocycles. The molecular weight excluding hydrogens is 326 g/mol. The van der Waals surface area contributed by atoms with Crippen molar-refractivity contribution in [3.63, 3.8) is 0 Å². The second kappa shape index (κ2) is 10.5. The topological polar surface area (TPSA) is 54.9 Å². The number of aryl methyl sites for hydroxylation is 1. The highest BCUT2D eigenvalue weighted by molar-refractivity contribution is 5.79. The molecule has 0 heterocycles. The van der Waals surface area contributed by atoms with Crippen molar-refractivity contribution in [1.82, 2.24) is 10.6 Å². The van der Waals surface area contributed by atoms with Crippen LogP contribution >= 0.6 is 0 Å². The van der Waals surface area contributed by atoms with Crippen molar-refractivity contribution in [3.05, 3.63) is 65.2 Å². The molecule has 1 unspecified atom stereocenters. The lowest BCUT2D eigenvalue weighted by Gasteiger charge is -2.18. The van der Waals surface area contributed by atoms with E-state index in [1.165, 1.54) is 11.1 Å². The van der Waals surface area contributed by atoms with E-state index in [0.717, 1.165) is 17.3 Å². The normalized spacial score (nSPS) is 12.5. The van der Waals surface area contributed by atoms with E-state index >= 15 is 0 Å². The van der Waals surface area contributed by atoms with Gasteiger partial charge in [0.25, 0.3) is 0 Å². The number of benzene rings is 2. The molecule has 0 fully saturated rings. The number of ether oxygens (including phenoxy) is 2. The first-order chi connectivity index (χ1) is 12.6. The Balaban J connectivity index is 1.79. The molecule has 0 aliphatic heterocycles. The van der Waals surface area contributed by atoms with Crippen molar-refractivity contribution < 1.29 is 9.47 Å².